The molecular weight excluding hydrogens is 415 g/mol. The minimum Gasteiger partial charge on any atom is -0.368 e. The number of hydrogen-bond acceptors (Lipinski definition) is 5. The molecule has 0 aliphatic carbocycles. The molecular formula is C23H27FN4O2S. The molecule has 5 rings (SSSR count). The lowest BCUT2D eigenvalue weighted by molar-refractivity contribution is -0.131. The summed E-state index contributed by atoms with van der Waals surface area (Å²) in [5, 5.41) is 0.853. The van der Waals surface area contributed by atoms with Gasteiger partial charge in [0, 0.05) is 56.1 Å². The molecule has 4 heterocycles. The number of rotatable bonds is 3. The number of thiazole rings is 1. The molecule has 1 aromatic carbocycles. The lowest BCUT2D eigenvalue weighted by Gasteiger charge is -2.38. The first-order valence-electron chi connectivity index (χ1n) is 11.0. The van der Waals surface area contributed by atoms with Gasteiger partial charge < -0.3 is 14.7 Å². The van der Waals surface area contributed by atoms with Gasteiger partial charge in [0.1, 0.15) is 10.8 Å². The van der Waals surface area contributed by atoms with E-state index in [1.807, 2.05) is 15.9 Å². The number of carbonyl (C=O) groups excluding carboxylic acids is 2. The predicted molar refractivity (Wildman–Crippen MR) is 118 cm³/mol. The molecule has 3 aliphatic rings. The Morgan fingerprint density at radius 3 is 2.71 bits per heavy atom. The molecule has 164 valence electrons. The van der Waals surface area contributed by atoms with Crippen LogP contribution in [-0.2, 0) is 35.4 Å². The predicted octanol–water partition coefficient (Wildman–Crippen LogP) is 2.78. The van der Waals surface area contributed by atoms with Gasteiger partial charge in [-0.25, -0.2) is 9.37 Å². The van der Waals surface area contributed by atoms with E-state index in [-0.39, 0.29) is 17.6 Å². The van der Waals surface area contributed by atoms with E-state index < -0.39 is 0 Å². The van der Waals surface area contributed by atoms with Crippen LogP contribution in [0, 0.1) is 5.82 Å². The summed E-state index contributed by atoms with van der Waals surface area (Å²) in [4.78, 5) is 36.4. The number of likely N-dealkylation sites (tertiary alicyclic amines) is 1. The maximum absolute atomic E-state index is 13.7. The van der Waals surface area contributed by atoms with Crippen molar-refractivity contribution < 1.29 is 14.0 Å². The molecule has 6 nitrogen and oxygen atoms in total. The Morgan fingerprint density at radius 2 is 1.94 bits per heavy atom. The van der Waals surface area contributed by atoms with Gasteiger partial charge in [0.05, 0.1) is 18.7 Å². The standard InChI is InChI=1S/C23H27FN4O2S/c1-15(29)27-10-7-19-21(14-27)31-22(25-19)13-23(30)26-8-5-18(6-9-26)28-11-4-16-2-3-17(24)12-20(16)28/h2-3,12,18H,4-11,13-14H2,1H3. The zero-order chi connectivity index (χ0) is 21.5. The second-order valence-corrected chi connectivity index (χ2v) is 9.84. The topological polar surface area (TPSA) is 56.8 Å². The van der Waals surface area contributed by atoms with Crippen LogP contribution in [0.25, 0.3) is 0 Å². The highest BCUT2D eigenvalue weighted by Crippen LogP contribution is 2.33. The van der Waals surface area contributed by atoms with Crippen molar-refractivity contribution in [2.45, 2.75) is 51.6 Å². The van der Waals surface area contributed by atoms with Crippen molar-refractivity contribution in [1.82, 2.24) is 14.8 Å². The average molecular weight is 443 g/mol. The molecule has 0 atom stereocenters. The highest BCUT2D eigenvalue weighted by atomic mass is 32.1. The van der Waals surface area contributed by atoms with Crippen LogP contribution in [0.1, 0.15) is 40.9 Å². The Labute approximate surface area is 185 Å². The van der Waals surface area contributed by atoms with Crippen molar-refractivity contribution in [2.24, 2.45) is 0 Å². The molecule has 0 spiro atoms. The lowest BCUT2D eigenvalue weighted by atomic mass is 10.0. The Bertz CT molecular complexity index is 1020. The maximum atomic E-state index is 13.7. The highest BCUT2D eigenvalue weighted by Gasteiger charge is 2.31. The highest BCUT2D eigenvalue weighted by molar-refractivity contribution is 7.11. The van der Waals surface area contributed by atoms with Crippen molar-refractivity contribution in [3.8, 4) is 0 Å². The van der Waals surface area contributed by atoms with Gasteiger partial charge in [-0.2, -0.15) is 0 Å². The van der Waals surface area contributed by atoms with Crippen molar-refractivity contribution in [1.29, 1.82) is 0 Å². The summed E-state index contributed by atoms with van der Waals surface area (Å²) in [5.74, 6) is 0.0274. The first kappa shape index (κ1) is 20.4. The summed E-state index contributed by atoms with van der Waals surface area (Å²) in [6.45, 7) is 5.30. The molecule has 0 unspecified atom stereocenters. The summed E-state index contributed by atoms with van der Waals surface area (Å²) in [6.07, 6.45) is 3.88. The molecule has 1 saturated heterocycles. The minimum absolute atomic E-state index is 0.0860. The normalized spacial score (nSPS) is 18.8. The van der Waals surface area contributed by atoms with Gasteiger partial charge in [-0.15, -0.1) is 11.3 Å². The Hall–Kier alpha value is -2.48. The zero-order valence-corrected chi connectivity index (χ0v) is 18.6. The van der Waals surface area contributed by atoms with Gasteiger partial charge in [0.15, 0.2) is 0 Å². The fourth-order valence-electron chi connectivity index (χ4n) is 5.02. The molecule has 3 aliphatic heterocycles. The monoisotopic (exact) mass is 442 g/mol. The molecule has 8 heteroatoms. The summed E-state index contributed by atoms with van der Waals surface area (Å²) in [5.41, 5.74) is 3.29. The van der Waals surface area contributed by atoms with Gasteiger partial charge in [-0.3, -0.25) is 9.59 Å². The molecule has 0 saturated carbocycles. The van der Waals surface area contributed by atoms with Crippen molar-refractivity contribution in [2.75, 3.05) is 31.1 Å². The number of amides is 2. The van der Waals surface area contributed by atoms with Crippen LogP contribution in [-0.4, -0.2) is 58.8 Å². The van der Waals surface area contributed by atoms with Crippen molar-refractivity contribution in [3.05, 3.63) is 45.2 Å². The third kappa shape index (κ3) is 4.05. The largest absolute Gasteiger partial charge is 0.368 e. The van der Waals surface area contributed by atoms with E-state index >= 15 is 0 Å². The van der Waals surface area contributed by atoms with E-state index in [0.717, 1.165) is 66.6 Å². The molecule has 2 aromatic rings. The molecule has 0 N–H and O–H groups in total. The number of benzene rings is 1. The van der Waals surface area contributed by atoms with E-state index in [2.05, 4.69) is 9.88 Å². The summed E-state index contributed by atoms with van der Waals surface area (Å²) >= 11 is 1.57. The van der Waals surface area contributed by atoms with Gasteiger partial charge in [-0.1, -0.05) is 6.07 Å². The van der Waals surface area contributed by atoms with E-state index in [9.17, 15) is 14.0 Å². The molecule has 1 aromatic heterocycles. The Kier molecular flexibility index (Phi) is 5.42. The fourth-order valence-corrected chi connectivity index (χ4v) is 6.14. The van der Waals surface area contributed by atoms with Gasteiger partial charge in [-0.05, 0) is 37.0 Å². The number of fused-ring (bicyclic) bond motifs is 2. The minimum atomic E-state index is -0.184. The van der Waals surface area contributed by atoms with E-state index in [1.54, 1.807) is 24.3 Å². The van der Waals surface area contributed by atoms with E-state index in [0.29, 0.717) is 25.6 Å². The van der Waals surface area contributed by atoms with Crippen molar-refractivity contribution in [3.63, 3.8) is 0 Å². The van der Waals surface area contributed by atoms with Crippen LogP contribution in [0.15, 0.2) is 18.2 Å². The van der Waals surface area contributed by atoms with Crippen LogP contribution >= 0.6 is 11.3 Å². The third-order valence-corrected chi connectivity index (χ3v) is 7.84. The van der Waals surface area contributed by atoms with E-state index in [1.165, 1.54) is 11.6 Å². The SMILES string of the molecule is CC(=O)N1CCc2nc(CC(=O)N3CCC(N4CCc5ccc(F)cc54)CC3)sc2C1. The van der Waals surface area contributed by atoms with Gasteiger partial charge in [0.25, 0.3) is 0 Å². The molecule has 1 fully saturated rings. The zero-order valence-electron chi connectivity index (χ0n) is 17.8. The summed E-state index contributed by atoms with van der Waals surface area (Å²) < 4.78 is 13.7. The first-order chi connectivity index (χ1) is 15.0. The van der Waals surface area contributed by atoms with Crippen molar-refractivity contribution >= 4 is 28.8 Å². The maximum Gasteiger partial charge on any atom is 0.229 e. The van der Waals surface area contributed by atoms with Crippen LogP contribution in [0.5, 0.6) is 0 Å². The molecule has 2 amide bonds. The number of nitrogens with zero attached hydrogens (tertiary/aromatic N) is 4. The first-order valence-corrected chi connectivity index (χ1v) is 11.9. The van der Waals surface area contributed by atoms with Crippen LogP contribution in [0.3, 0.4) is 0 Å². The number of aromatic nitrogens is 1. The summed E-state index contributed by atoms with van der Waals surface area (Å²) in [6, 6.07) is 5.44. The second kappa shape index (κ2) is 8.22. The van der Waals surface area contributed by atoms with E-state index in [4.69, 9.17) is 0 Å². The fraction of sp³-hybridized carbons (Fsp3) is 0.522. The lowest BCUT2D eigenvalue weighted by Crippen LogP contribution is -2.46. The average Bonchev–Trinajstić information content (AvgIpc) is 3.36. The molecule has 0 radical (unpaired) electrons. The van der Waals surface area contributed by atoms with Gasteiger partial charge >= 0.3 is 0 Å². The number of piperidine rings is 1. The smallest absolute Gasteiger partial charge is 0.229 e. The number of anilines is 1. The Balaban J connectivity index is 1.17. The molecule has 0 bridgehead atoms. The third-order valence-electron chi connectivity index (χ3n) is 6.76. The van der Waals surface area contributed by atoms with Gasteiger partial charge in [0.2, 0.25) is 11.8 Å². The van der Waals surface area contributed by atoms with Crippen LogP contribution in [0.2, 0.25) is 0 Å². The number of halogens is 1. The Morgan fingerprint density at radius 1 is 1.13 bits per heavy atom. The van der Waals surface area contributed by atoms with Crippen LogP contribution < -0.4 is 4.90 Å². The number of hydrogen-bond donors (Lipinski definition) is 0. The summed E-state index contributed by atoms with van der Waals surface area (Å²) in [7, 11) is 0. The van der Waals surface area contributed by atoms with Crippen LogP contribution in [0.4, 0.5) is 10.1 Å². The number of carbonyl (C=O) groups is 2. The quantitative estimate of drug-likeness (QED) is 0.734. The second-order valence-electron chi connectivity index (χ2n) is 8.67. The molecule has 31 heavy (non-hydrogen) atoms.